The number of rotatable bonds is 7. The van der Waals surface area contributed by atoms with Crippen molar-refractivity contribution in [1.82, 2.24) is 14.5 Å². The van der Waals surface area contributed by atoms with Crippen LogP contribution < -0.4 is 19.9 Å². The number of benzene rings is 1. The summed E-state index contributed by atoms with van der Waals surface area (Å²) in [6, 6.07) is 8.09. The summed E-state index contributed by atoms with van der Waals surface area (Å²) in [6.45, 7) is 0.957. The van der Waals surface area contributed by atoms with Gasteiger partial charge in [-0.15, -0.1) is 0 Å². The summed E-state index contributed by atoms with van der Waals surface area (Å²) in [5.74, 6) is 2.41. The van der Waals surface area contributed by atoms with Gasteiger partial charge in [0.05, 0.1) is 12.0 Å². The lowest BCUT2D eigenvalue weighted by atomic mass is 10.1. The van der Waals surface area contributed by atoms with E-state index in [2.05, 4.69) is 19.9 Å². The standard InChI is InChI=1S/C20H23N5O5S/c21-31(26,27)30-10-14-1-3-15(7-14)25-6-5-16-19(23-11-24-20(16)25)22-9-13-2-4-17-18(8-13)29-12-28-17/h2,4-6,8,11,14-15H,1,3,7,9-10,12H2,(H2,21,26,27)(H,22,23,24)/t14-,15-/m0/s1. The highest BCUT2D eigenvalue weighted by molar-refractivity contribution is 7.84. The van der Waals surface area contributed by atoms with Crippen LogP contribution in [0.25, 0.3) is 11.0 Å². The van der Waals surface area contributed by atoms with Crippen molar-refractivity contribution < 1.29 is 22.1 Å². The zero-order valence-electron chi connectivity index (χ0n) is 16.7. The van der Waals surface area contributed by atoms with Gasteiger partial charge in [0.25, 0.3) is 0 Å². The van der Waals surface area contributed by atoms with E-state index in [1.807, 2.05) is 30.5 Å². The number of aromatic nitrogens is 3. The molecule has 1 saturated carbocycles. The average molecular weight is 446 g/mol. The summed E-state index contributed by atoms with van der Waals surface area (Å²) >= 11 is 0. The Morgan fingerprint density at radius 1 is 1.19 bits per heavy atom. The molecule has 0 radical (unpaired) electrons. The summed E-state index contributed by atoms with van der Waals surface area (Å²) in [7, 11) is -3.91. The van der Waals surface area contributed by atoms with Crippen LogP contribution in [-0.4, -0.2) is 36.4 Å². The van der Waals surface area contributed by atoms with Gasteiger partial charge >= 0.3 is 10.3 Å². The minimum Gasteiger partial charge on any atom is -0.454 e. The maximum Gasteiger partial charge on any atom is 0.333 e. The lowest BCUT2D eigenvalue weighted by molar-refractivity contribution is 0.174. The van der Waals surface area contributed by atoms with E-state index in [1.54, 1.807) is 6.33 Å². The molecule has 31 heavy (non-hydrogen) atoms. The largest absolute Gasteiger partial charge is 0.454 e. The van der Waals surface area contributed by atoms with Crippen molar-refractivity contribution in [2.45, 2.75) is 31.8 Å². The Kier molecular flexibility index (Phi) is 5.16. The number of anilines is 1. The van der Waals surface area contributed by atoms with Crippen molar-refractivity contribution in [3.63, 3.8) is 0 Å². The number of ether oxygens (including phenoxy) is 2. The fourth-order valence-corrected chi connectivity index (χ4v) is 4.67. The Morgan fingerprint density at radius 3 is 2.94 bits per heavy atom. The molecule has 164 valence electrons. The highest BCUT2D eigenvalue weighted by Crippen LogP contribution is 2.37. The van der Waals surface area contributed by atoms with Gasteiger partial charge in [0, 0.05) is 18.8 Å². The lowest BCUT2D eigenvalue weighted by Gasteiger charge is -2.14. The SMILES string of the molecule is NS(=O)(=O)OC[C@H]1CC[C@H](n2ccc3c(NCc4ccc5c(c4)OCO5)ncnc32)C1. The molecule has 2 aliphatic rings. The smallest absolute Gasteiger partial charge is 0.333 e. The summed E-state index contributed by atoms with van der Waals surface area (Å²) in [5.41, 5.74) is 1.91. The van der Waals surface area contributed by atoms with Crippen LogP contribution in [0.15, 0.2) is 36.8 Å². The molecule has 1 fully saturated rings. The number of nitrogens with zero attached hydrogens (tertiary/aromatic N) is 3. The van der Waals surface area contributed by atoms with Crippen LogP contribution >= 0.6 is 0 Å². The van der Waals surface area contributed by atoms with Crippen molar-refractivity contribution in [1.29, 1.82) is 0 Å². The van der Waals surface area contributed by atoms with Crippen molar-refractivity contribution in [2.75, 3.05) is 18.7 Å². The van der Waals surface area contributed by atoms with Gasteiger partial charge in [-0.2, -0.15) is 8.42 Å². The monoisotopic (exact) mass is 445 g/mol. The topological polar surface area (TPSA) is 131 Å². The molecule has 0 bridgehead atoms. The molecule has 1 aliphatic heterocycles. The van der Waals surface area contributed by atoms with Crippen molar-refractivity contribution in [2.24, 2.45) is 11.1 Å². The summed E-state index contributed by atoms with van der Waals surface area (Å²) in [4.78, 5) is 8.90. The minimum atomic E-state index is -3.91. The van der Waals surface area contributed by atoms with Gasteiger partial charge in [-0.25, -0.2) is 15.1 Å². The number of hydrogen-bond acceptors (Lipinski definition) is 8. The first-order chi connectivity index (χ1) is 15.0. The molecule has 1 aliphatic carbocycles. The minimum absolute atomic E-state index is 0.117. The molecule has 1 aromatic carbocycles. The Bertz CT molecular complexity index is 1210. The molecule has 3 heterocycles. The van der Waals surface area contributed by atoms with E-state index in [9.17, 15) is 8.42 Å². The normalized spacial score (nSPS) is 20.4. The maximum atomic E-state index is 11.0. The van der Waals surface area contributed by atoms with Gasteiger partial charge in [-0.1, -0.05) is 6.07 Å². The van der Waals surface area contributed by atoms with Crippen LogP contribution in [0.5, 0.6) is 11.5 Å². The zero-order valence-corrected chi connectivity index (χ0v) is 17.5. The third kappa shape index (κ3) is 4.29. The van der Waals surface area contributed by atoms with Crippen molar-refractivity contribution >= 4 is 27.2 Å². The first-order valence-corrected chi connectivity index (χ1v) is 11.5. The molecular weight excluding hydrogens is 422 g/mol. The number of nitrogens with one attached hydrogen (secondary N) is 1. The molecule has 2 atom stereocenters. The second-order valence-electron chi connectivity index (χ2n) is 7.83. The highest BCUT2D eigenvalue weighted by Gasteiger charge is 2.28. The molecule has 3 aromatic rings. The lowest BCUT2D eigenvalue weighted by Crippen LogP contribution is -2.19. The van der Waals surface area contributed by atoms with E-state index in [4.69, 9.17) is 18.8 Å². The molecule has 0 amide bonds. The Hall–Kier alpha value is -2.89. The quantitative estimate of drug-likeness (QED) is 0.567. The first-order valence-electron chi connectivity index (χ1n) is 10.1. The third-order valence-corrected chi connectivity index (χ3v) is 6.25. The van der Waals surface area contributed by atoms with Gasteiger partial charge in [-0.3, -0.25) is 4.18 Å². The van der Waals surface area contributed by atoms with Gasteiger partial charge in [-0.05, 0) is 48.9 Å². The molecule has 5 rings (SSSR count). The van der Waals surface area contributed by atoms with Crippen LogP contribution in [0.2, 0.25) is 0 Å². The van der Waals surface area contributed by atoms with Crippen LogP contribution in [0.4, 0.5) is 5.82 Å². The maximum absolute atomic E-state index is 11.0. The molecule has 0 unspecified atom stereocenters. The van der Waals surface area contributed by atoms with Crippen LogP contribution in [-0.2, 0) is 21.0 Å². The fourth-order valence-electron chi connectivity index (χ4n) is 4.29. The molecule has 3 N–H and O–H groups in total. The van der Waals surface area contributed by atoms with Gasteiger partial charge < -0.3 is 19.4 Å². The van der Waals surface area contributed by atoms with Gasteiger partial charge in [0.15, 0.2) is 11.5 Å². The average Bonchev–Trinajstić information content (AvgIpc) is 3.48. The van der Waals surface area contributed by atoms with Crippen LogP contribution in [0, 0.1) is 5.92 Å². The van der Waals surface area contributed by atoms with Crippen molar-refractivity contribution in [3.8, 4) is 11.5 Å². The molecule has 11 heteroatoms. The van der Waals surface area contributed by atoms with Crippen molar-refractivity contribution in [3.05, 3.63) is 42.4 Å². The number of hydrogen-bond donors (Lipinski definition) is 2. The summed E-state index contributed by atoms with van der Waals surface area (Å²) in [6.07, 6.45) is 6.17. The molecule has 0 spiro atoms. The number of nitrogens with two attached hydrogens (primary N) is 1. The first kappa shape index (κ1) is 20.0. The van der Waals surface area contributed by atoms with E-state index in [0.29, 0.717) is 6.54 Å². The van der Waals surface area contributed by atoms with Gasteiger partial charge in [0.2, 0.25) is 6.79 Å². The molecular formula is C20H23N5O5S. The zero-order chi connectivity index (χ0) is 21.4. The predicted octanol–water partition coefficient (Wildman–Crippen LogP) is 2.33. The Labute approximate surface area is 179 Å². The van der Waals surface area contributed by atoms with Crippen LogP contribution in [0.1, 0.15) is 30.9 Å². The molecule has 10 nitrogen and oxygen atoms in total. The molecule has 0 saturated heterocycles. The Balaban J connectivity index is 1.29. The van der Waals surface area contributed by atoms with E-state index in [1.165, 1.54) is 0 Å². The van der Waals surface area contributed by atoms with E-state index in [-0.39, 0.29) is 25.4 Å². The van der Waals surface area contributed by atoms with E-state index < -0.39 is 10.3 Å². The second kappa shape index (κ2) is 7.98. The van der Waals surface area contributed by atoms with E-state index in [0.717, 1.165) is 53.2 Å². The van der Waals surface area contributed by atoms with Gasteiger partial charge in [0.1, 0.15) is 17.8 Å². The highest BCUT2D eigenvalue weighted by atomic mass is 32.2. The van der Waals surface area contributed by atoms with Crippen LogP contribution in [0.3, 0.4) is 0 Å². The predicted molar refractivity (Wildman–Crippen MR) is 113 cm³/mol. The second-order valence-corrected chi connectivity index (χ2v) is 9.06. The fraction of sp³-hybridized carbons (Fsp3) is 0.400. The van der Waals surface area contributed by atoms with E-state index >= 15 is 0 Å². The number of fused-ring (bicyclic) bond motifs is 2. The third-order valence-electron chi connectivity index (χ3n) is 5.78. The molecule has 2 aromatic heterocycles. The summed E-state index contributed by atoms with van der Waals surface area (Å²) < 4.78 is 39.8. The Morgan fingerprint density at radius 2 is 2.06 bits per heavy atom. The summed E-state index contributed by atoms with van der Waals surface area (Å²) in [5, 5.41) is 9.26.